The van der Waals surface area contributed by atoms with Gasteiger partial charge in [0.05, 0.1) is 28.4 Å². The molecule has 6 heterocycles. The molecule has 0 unspecified atom stereocenters. The zero-order valence-electron chi connectivity index (χ0n) is 22.4. The maximum absolute atomic E-state index is 5.58. The fourth-order valence-electron chi connectivity index (χ4n) is 5.90. The van der Waals surface area contributed by atoms with Crippen LogP contribution in [0.4, 0.5) is 0 Å². The maximum atomic E-state index is 5.58. The van der Waals surface area contributed by atoms with Gasteiger partial charge in [-0.3, -0.25) is 15.1 Å². The summed E-state index contributed by atoms with van der Waals surface area (Å²) in [7, 11) is 0. The maximum Gasteiger partial charge on any atom is 0.231 e. The van der Waals surface area contributed by atoms with E-state index < -0.39 is 0 Å². The third kappa shape index (κ3) is 4.46. The molecule has 0 atom stereocenters. The first-order valence-corrected chi connectivity index (χ1v) is 14.0. The lowest BCUT2D eigenvalue weighted by Crippen LogP contribution is -2.20. The summed E-state index contributed by atoms with van der Waals surface area (Å²) in [5.74, 6) is 2.88. The van der Waals surface area contributed by atoms with Crippen molar-refractivity contribution >= 4 is 22.1 Å². The summed E-state index contributed by atoms with van der Waals surface area (Å²) in [6, 6.07) is 12.0. The molecule has 1 aromatic carbocycles. The third-order valence-electron chi connectivity index (χ3n) is 8.04. The van der Waals surface area contributed by atoms with Crippen LogP contribution in [-0.4, -0.2) is 48.5 Å². The summed E-state index contributed by atoms with van der Waals surface area (Å²) in [6.45, 7) is 2.10. The average Bonchev–Trinajstić information content (AvgIpc) is 3.82. The molecule has 2 aliphatic rings. The molecule has 204 valence electrons. The van der Waals surface area contributed by atoms with Gasteiger partial charge < -0.3 is 19.8 Å². The summed E-state index contributed by atoms with van der Waals surface area (Å²) in [6.07, 6.45) is 12.8. The molecule has 1 aliphatic heterocycles. The minimum absolute atomic E-state index is 0.229. The third-order valence-corrected chi connectivity index (χ3v) is 8.04. The van der Waals surface area contributed by atoms with Crippen LogP contribution in [0.3, 0.4) is 0 Å². The lowest BCUT2D eigenvalue weighted by molar-refractivity contribution is 0.174. The van der Waals surface area contributed by atoms with Crippen molar-refractivity contribution in [1.29, 1.82) is 0 Å². The van der Waals surface area contributed by atoms with Gasteiger partial charge in [0.25, 0.3) is 0 Å². The number of imidazole rings is 1. The standard InChI is InChI=1S/C31H28N8O2/c1-2-4-18(3-1)11-32-12-19-9-21(14-33-13-19)23-6-7-24-29(35-23)30(39-38-24)31-36-25-16-34-15-22(28(25)37-31)20-5-8-26-27(10-20)41-17-40-26/h5-10,13-16,18,32H,1-4,11-12,17H2,(H,36,37)(H,38,39). The van der Waals surface area contributed by atoms with E-state index in [-0.39, 0.29) is 6.79 Å². The van der Waals surface area contributed by atoms with Gasteiger partial charge in [0.2, 0.25) is 6.79 Å². The topological polar surface area (TPSA) is 127 Å². The first-order valence-electron chi connectivity index (χ1n) is 14.0. The predicted octanol–water partition coefficient (Wildman–Crippen LogP) is 5.63. The number of pyridine rings is 3. The van der Waals surface area contributed by atoms with Crippen LogP contribution in [0.2, 0.25) is 0 Å². The number of hydrogen-bond donors (Lipinski definition) is 3. The van der Waals surface area contributed by atoms with Crippen molar-refractivity contribution in [3.05, 3.63) is 66.7 Å². The van der Waals surface area contributed by atoms with E-state index in [0.717, 1.165) is 74.8 Å². The van der Waals surface area contributed by atoms with Gasteiger partial charge in [-0.15, -0.1) is 0 Å². The van der Waals surface area contributed by atoms with E-state index in [0.29, 0.717) is 17.3 Å². The number of nitrogens with zero attached hydrogens (tertiary/aromatic N) is 5. The highest BCUT2D eigenvalue weighted by Gasteiger charge is 2.20. The molecule has 0 spiro atoms. The van der Waals surface area contributed by atoms with Gasteiger partial charge in [-0.2, -0.15) is 5.10 Å². The highest BCUT2D eigenvalue weighted by molar-refractivity contribution is 5.96. The molecule has 1 saturated carbocycles. The van der Waals surface area contributed by atoms with Crippen molar-refractivity contribution in [3.8, 4) is 45.4 Å². The highest BCUT2D eigenvalue weighted by atomic mass is 16.7. The SMILES string of the molecule is c1ncc(-c2ccc3[nH]nc(-c4nc5c(-c6ccc7c(c6)OCO7)cncc5[nH]4)c3n2)cc1CNCC1CCCC1. The van der Waals surface area contributed by atoms with E-state index in [9.17, 15) is 0 Å². The number of ether oxygens (including phenoxy) is 2. The van der Waals surface area contributed by atoms with Crippen LogP contribution < -0.4 is 14.8 Å². The fourth-order valence-corrected chi connectivity index (χ4v) is 5.90. The number of aromatic amines is 2. The Labute approximate surface area is 235 Å². The largest absolute Gasteiger partial charge is 0.454 e. The summed E-state index contributed by atoms with van der Waals surface area (Å²) in [4.78, 5) is 22.3. The molecule has 0 bridgehead atoms. The first-order chi connectivity index (χ1) is 20.3. The smallest absolute Gasteiger partial charge is 0.231 e. The van der Waals surface area contributed by atoms with Crippen LogP contribution in [0.15, 0.2) is 61.2 Å². The molecule has 6 aromatic rings. The monoisotopic (exact) mass is 544 g/mol. The fraction of sp³-hybridized carbons (Fsp3) is 0.258. The number of fused-ring (bicyclic) bond motifs is 3. The van der Waals surface area contributed by atoms with E-state index in [1.54, 1.807) is 6.20 Å². The van der Waals surface area contributed by atoms with Gasteiger partial charge in [0, 0.05) is 36.3 Å². The van der Waals surface area contributed by atoms with Crippen molar-refractivity contribution in [1.82, 2.24) is 40.4 Å². The van der Waals surface area contributed by atoms with E-state index in [2.05, 4.69) is 36.5 Å². The molecule has 5 aromatic heterocycles. The Morgan fingerprint density at radius 3 is 2.68 bits per heavy atom. The van der Waals surface area contributed by atoms with Crippen molar-refractivity contribution in [2.45, 2.75) is 32.2 Å². The van der Waals surface area contributed by atoms with Gasteiger partial charge >= 0.3 is 0 Å². The molecule has 10 nitrogen and oxygen atoms in total. The Hall–Kier alpha value is -4.83. The highest BCUT2D eigenvalue weighted by Crippen LogP contribution is 2.38. The van der Waals surface area contributed by atoms with Crippen LogP contribution in [0.1, 0.15) is 31.2 Å². The zero-order chi connectivity index (χ0) is 27.2. The van der Waals surface area contributed by atoms with Crippen molar-refractivity contribution in [3.63, 3.8) is 0 Å². The van der Waals surface area contributed by atoms with Crippen LogP contribution in [0.25, 0.3) is 56.0 Å². The average molecular weight is 545 g/mol. The quantitative estimate of drug-likeness (QED) is 0.236. The lowest BCUT2D eigenvalue weighted by atomic mass is 10.1. The Balaban J connectivity index is 1.11. The van der Waals surface area contributed by atoms with Crippen molar-refractivity contribution in [2.24, 2.45) is 5.92 Å². The molecular weight excluding hydrogens is 516 g/mol. The van der Waals surface area contributed by atoms with Gasteiger partial charge in [-0.1, -0.05) is 18.9 Å². The summed E-state index contributed by atoms with van der Waals surface area (Å²) in [5, 5.41) is 11.3. The molecule has 1 fully saturated rings. The molecule has 3 N–H and O–H groups in total. The molecule has 10 heteroatoms. The van der Waals surface area contributed by atoms with E-state index >= 15 is 0 Å². The van der Waals surface area contributed by atoms with Gasteiger partial charge in [-0.05, 0) is 66.8 Å². The van der Waals surface area contributed by atoms with E-state index in [4.69, 9.17) is 19.4 Å². The zero-order valence-corrected chi connectivity index (χ0v) is 22.4. The second-order valence-corrected chi connectivity index (χ2v) is 10.8. The van der Waals surface area contributed by atoms with Crippen LogP contribution in [0, 0.1) is 5.92 Å². The number of nitrogens with one attached hydrogen (secondary N) is 3. The number of hydrogen-bond acceptors (Lipinski definition) is 8. The summed E-state index contributed by atoms with van der Waals surface area (Å²) < 4.78 is 11.0. The van der Waals surface area contributed by atoms with Crippen LogP contribution >= 0.6 is 0 Å². The van der Waals surface area contributed by atoms with Crippen molar-refractivity contribution in [2.75, 3.05) is 13.3 Å². The lowest BCUT2D eigenvalue weighted by Gasteiger charge is -2.11. The molecular formula is C31H28N8O2. The molecule has 0 radical (unpaired) electrons. The number of rotatable bonds is 7. The Morgan fingerprint density at radius 1 is 0.829 bits per heavy atom. The van der Waals surface area contributed by atoms with Gasteiger partial charge in [0.15, 0.2) is 23.0 Å². The predicted molar refractivity (Wildman–Crippen MR) is 155 cm³/mol. The first kappa shape index (κ1) is 24.0. The second-order valence-electron chi connectivity index (χ2n) is 10.8. The van der Waals surface area contributed by atoms with Gasteiger partial charge in [-0.25, -0.2) is 9.97 Å². The number of H-pyrrole nitrogens is 2. The van der Waals surface area contributed by atoms with E-state index in [1.807, 2.05) is 48.9 Å². The Morgan fingerprint density at radius 2 is 1.73 bits per heavy atom. The molecule has 1 aliphatic carbocycles. The Bertz CT molecular complexity index is 1890. The molecule has 41 heavy (non-hydrogen) atoms. The van der Waals surface area contributed by atoms with Gasteiger partial charge in [0.1, 0.15) is 5.52 Å². The Kier molecular flexibility index (Phi) is 5.84. The van der Waals surface area contributed by atoms with Crippen LogP contribution in [-0.2, 0) is 6.54 Å². The number of benzene rings is 1. The minimum atomic E-state index is 0.229. The summed E-state index contributed by atoms with van der Waals surface area (Å²) in [5.41, 5.74) is 8.62. The number of aromatic nitrogens is 7. The second kappa shape index (κ2) is 9.97. The van der Waals surface area contributed by atoms with E-state index in [1.165, 1.54) is 25.7 Å². The van der Waals surface area contributed by atoms with Crippen molar-refractivity contribution < 1.29 is 9.47 Å². The molecule has 0 amide bonds. The molecule has 8 rings (SSSR count). The summed E-state index contributed by atoms with van der Waals surface area (Å²) >= 11 is 0. The van der Waals surface area contributed by atoms with Crippen LogP contribution in [0.5, 0.6) is 11.5 Å². The minimum Gasteiger partial charge on any atom is -0.454 e. The normalized spacial score (nSPS) is 14.9. The molecule has 0 saturated heterocycles.